The molecule has 2 nitrogen and oxygen atoms in total. The van der Waals surface area contributed by atoms with Crippen molar-refractivity contribution >= 4 is 0 Å². The zero-order valence-corrected chi connectivity index (χ0v) is 20.7. The molecule has 0 aromatic rings. The fourth-order valence-electron chi connectivity index (χ4n) is 9.66. The van der Waals surface area contributed by atoms with Gasteiger partial charge >= 0.3 is 0 Å². The van der Waals surface area contributed by atoms with Crippen molar-refractivity contribution in [3.05, 3.63) is 0 Å². The van der Waals surface area contributed by atoms with E-state index in [1.165, 1.54) is 70.6 Å². The zero-order valence-electron chi connectivity index (χ0n) is 20.7. The van der Waals surface area contributed by atoms with Crippen molar-refractivity contribution in [2.24, 2.45) is 52.3 Å². The minimum absolute atomic E-state index is 0.0958. The van der Waals surface area contributed by atoms with E-state index in [9.17, 15) is 5.11 Å². The van der Waals surface area contributed by atoms with Crippen LogP contribution in [0.3, 0.4) is 0 Å². The van der Waals surface area contributed by atoms with Crippen LogP contribution in [0.4, 0.5) is 0 Å². The van der Waals surface area contributed by atoms with Gasteiger partial charge in [-0.2, -0.15) is 0 Å². The third kappa shape index (κ3) is 3.81. The maximum Gasteiger partial charge on any atom is 0.143 e. The third-order valence-corrected chi connectivity index (χ3v) is 11.2. The Kier molecular flexibility index (Phi) is 6.96. The normalized spacial score (nSPS) is 46.9. The summed E-state index contributed by atoms with van der Waals surface area (Å²) in [5.41, 5.74) is 0.871. The fourth-order valence-corrected chi connectivity index (χ4v) is 9.66. The molecule has 4 saturated carbocycles. The van der Waals surface area contributed by atoms with Crippen LogP contribution in [-0.2, 0) is 4.74 Å². The molecule has 9 atom stereocenters. The van der Waals surface area contributed by atoms with Gasteiger partial charge in [0.1, 0.15) is 6.79 Å². The molecule has 4 aliphatic carbocycles. The molecule has 2 heteroatoms. The van der Waals surface area contributed by atoms with Crippen LogP contribution in [0.25, 0.3) is 0 Å². The summed E-state index contributed by atoms with van der Waals surface area (Å²) in [5, 5.41) is 9.59. The van der Waals surface area contributed by atoms with Crippen LogP contribution in [0.15, 0.2) is 0 Å². The summed E-state index contributed by atoms with van der Waals surface area (Å²) in [6.45, 7) is 12.5. The Morgan fingerprint density at radius 2 is 1.70 bits per heavy atom. The second kappa shape index (κ2) is 9.05. The van der Waals surface area contributed by atoms with E-state index in [0.29, 0.717) is 10.8 Å². The summed E-state index contributed by atoms with van der Waals surface area (Å²) >= 11 is 0. The zero-order chi connectivity index (χ0) is 21.5. The van der Waals surface area contributed by atoms with Crippen LogP contribution in [0.1, 0.15) is 112 Å². The van der Waals surface area contributed by atoms with Gasteiger partial charge in [0.25, 0.3) is 0 Å². The van der Waals surface area contributed by atoms with Crippen molar-refractivity contribution in [2.75, 3.05) is 6.79 Å². The number of rotatable bonds is 7. The average molecular weight is 419 g/mol. The molecule has 0 spiro atoms. The Bertz CT molecular complexity index is 571. The van der Waals surface area contributed by atoms with E-state index >= 15 is 0 Å². The molecule has 0 aromatic carbocycles. The second-order valence-electron chi connectivity index (χ2n) is 12.8. The summed E-state index contributed by atoms with van der Waals surface area (Å²) in [6.07, 6.45) is 17.0. The van der Waals surface area contributed by atoms with E-state index in [2.05, 4.69) is 34.6 Å². The summed E-state index contributed by atoms with van der Waals surface area (Å²) in [6, 6.07) is 0. The SMILES string of the molecule is CC(C)CCC[C@H](C)[C@@H]1CC[C@H]2[C@H]3CC[C@H]4CCCC(OCO)[C@]4(C)[C@H]3CC[C@@]21C. The van der Waals surface area contributed by atoms with E-state index in [1.807, 2.05) is 0 Å². The van der Waals surface area contributed by atoms with Crippen molar-refractivity contribution in [3.63, 3.8) is 0 Å². The number of aliphatic hydroxyl groups is 1. The lowest BCUT2D eigenvalue weighted by molar-refractivity contribution is -0.200. The molecule has 0 aliphatic heterocycles. The van der Waals surface area contributed by atoms with Crippen LogP contribution in [-0.4, -0.2) is 18.0 Å². The van der Waals surface area contributed by atoms with Gasteiger partial charge in [0, 0.05) is 0 Å². The van der Waals surface area contributed by atoms with Gasteiger partial charge in [0.15, 0.2) is 0 Å². The summed E-state index contributed by atoms with van der Waals surface area (Å²) in [7, 11) is 0. The van der Waals surface area contributed by atoms with Crippen molar-refractivity contribution in [1.82, 2.24) is 0 Å². The smallest absolute Gasteiger partial charge is 0.143 e. The average Bonchev–Trinajstić information content (AvgIpc) is 3.05. The molecule has 1 N–H and O–H groups in total. The lowest BCUT2D eigenvalue weighted by atomic mass is 9.44. The largest absolute Gasteiger partial charge is 0.371 e. The molecular formula is C28H50O2. The van der Waals surface area contributed by atoms with Gasteiger partial charge in [-0.15, -0.1) is 0 Å². The van der Waals surface area contributed by atoms with Gasteiger partial charge in [-0.25, -0.2) is 0 Å². The third-order valence-electron chi connectivity index (χ3n) is 11.2. The second-order valence-corrected chi connectivity index (χ2v) is 12.8. The van der Waals surface area contributed by atoms with Crippen molar-refractivity contribution in [3.8, 4) is 0 Å². The highest BCUT2D eigenvalue weighted by Crippen LogP contribution is 2.68. The molecule has 30 heavy (non-hydrogen) atoms. The molecular weight excluding hydrogens is 368 g/mol. The summed E-state index contributed by atoms with van der Waals surface area (Å²) in [5.74, 6) is 6.16. The fraction of sp³-hybridized carbons (Fsp3) is 1.00. The van der Waals surface area contributed by atoms with Crippen LogP contribution in [0.2, 0.25) is 0 Å². The lowest BCUT2D eigenvalue weighted by Crippen LogP contribution is -2.58. The highest BCUT2D eigenvalue weighted by molar-refractivity contribution is 5.11. The molecule has 4 aliphatic rings. The van der Waals surface area contributed by atoms with Gasteiger partial charge < -0.3 is 9.84 Å². The number of fused-ring (bicyclic) bond motifs is 5. The molecule has 0 aromatic heterocycles. The van der Waals surface area contributed by atoms with Gasteiger partial charge in [0.2, 0.25) is 0 Å². The molecule has 174 valence electrons. The van der Waals surface area contributed by atoms with Gasteiger partial charge in [-0.3, -0.25) is 0 Å². The van der Waals surface area contributed by atoms with Crippen molar-refractivity contribution < 1.29 is 9.84 Å². The molecule has 4 rings (SSSR count). The summed E-state index contributed by atoms with van der Waals surface area (Å²) < 4.78 is 6.02. The van der Waals surface area contributed by atoms with Crippen LogP contribution < -0.4 is 0 Å². The lowest BCUT2D eigenvalue weighted by Gasteiger charge is -2.62. The topological polar surface area (TPSA) is 29.5 Å². The number of aliphatic hydroxyl groups excluding tert-OH is 1. The van der Waals surface area contributed by atoms with Crippen molar-refractivity contribution in [2.45, 2.75) is 118 Å². The maximum atomic E-state index is 9.59. The van der Waals surface area contributed by atoms with Crippen molar-refractivity contribution in [1.29, 1.82) is 0 Å². The first-order valence-electron chi connectivity index (χ1n) is 13.5. The maximum absolute atomic E-state index is 9.59. The Labute approximate surface area is 186 Å². The highest BCUT2D eigenvalue weighted by atomic mass is 16.6. The van der Waals surface area contributed by atoms with E-state index in [1.54, 1.807) is 0 Å². The Morgan fingerprint density at radius 3 is 2.43 bits per heavy atom. The standard InChI is InChI=1S/C28H50O2/c1-19(2)8-6-9-20(3)23-14-15-24-22-13-12-21-10-7-11-26(30-18-29)28(21,5)25(22)16-17-27(23,24)4/h19-26,29H,6-18H2,1-5H3/t20-,21+,22+,23-,24-,25-,26?,27+,28-/m0/s1. The molecule has 4 fully saturated rings. The predicted molar refractivity (Wildman–Crippen MR) is 125 cm³/mol. The molecule has 1 unspecified atom stereocenters. The number of hydrogen-bond donors (Lipinski definition) is 1. The minimum atomic E-state index is -0.0958. The van der Waals surface area contributed by atoms with Crippen LogP contribution in [0.5, 0.6) is 0 Å². The molecule has 0 bridgehead atoms. The number of ether oxygens (including phenoxy) is 1. The van der Waals surface area contributed by atoms with E-state index in [-0.39, 0.29) is 12.9 Å². The molecule has 0 radical (unpaired) electrons. The van der Waals surface area contributed by atoms with Crippen LogP contribution in [0, 0.1) is 52.3 Å². The number of hydrogen-bond acceptors (Lipinski definition) is 2. The Hall–Kier alpha value is -0.0800. The van der Waals surface area contributed by atoms with E-state index in [4.69, 9.17) is 4.74 Å². The van der Waals surface area contributed by atoms with Gasteiger partial charge in [-0.1, -0.05) is 60.3 Å². The Balaban J connectivity index is 1.50. The highest BCUT2D eigenvalue weighted by Gasteiger charge is 2.62. The van der Waals surface area contributed by atoms with Gasteiger partial charge in [0.05, 0.1) is 6.10 Å². The Morgan fingerprint density at radius 1 is 0.900 bits per heavy atom. The molecule has 0 saturated heterocycles. The van der Waals surface area contributed by atoms with E-state index in [0.717, 1.165) is 47.8 Å². The van der Waals surface area contributed by atoms with Gasteiger partial charge in [-0.05, 0) is 104 Å². The molecule has 0 heterocycles. The first-order valence-corrected chi connectivity index (χ1v) is 13.5. The predicted octanol–water partition coefficient (Wildman–Crippen LogP) is 7.44. The summed E-state index contributed by atoms with van der Waals surface area (Å²) in [4.78, 5) is 0. The first-order chi connectivity index (χ1) is 14.3. The molecule has 0 amide bonds. The minimum Gasteiger partial charge on any atom is -0.371 e. The quantitative estimate of drug-likeness (QED) is 0.435. The first kappa shape index (κ1) is 23.1. The monoisotopic (exact) mass is 418 g/mol. The van der Waals surface area contributed by atoms with E-state index < -0.39 is 0 Å². The van der Waals surface area contributed by atoms with Crippen LogP contribution >= 0.6 is 0 Å².